The minimum atomic E-state index is 0.857. The van der Waals surface area contributed by atoms with Crippen LogP contribution in [0.4, 0.5) is 0 Å². The van der Waals surface area contributed by atoms with Crippen molar-refractivity contribution in [1.29, 1.82) is 0 Å². The molecule has 0 saturated carbocycles. The molecule has 0 amide bonds. The molecule has 0 radical (unpaired) electrons. The quantitative estimate of drug-likeness (QED) is 0.852. The fourth-order valence-electron chi connectivity index (χ4n) is 1.84. The third-order valence-corrected chi connectivity index (χ3v) is 3.97. The van der Waals surface area contributed by atoms with E-state index in [9.17, 15) is 0 Å². The number of hydrogen-bond donors (Lipinski definition) is 1. The lowest BCUT2D eigenvalue weighted by molar-refractivity contribution is 0.695. The second-order valence-corrected chi connectivity index (χ2v) is 5.73. The smallest absolute Gasteiger partial charge is 0.0931 e. The van der Waals surface area contributed by atoms with E-state index in [2.05, 4.69) is 42.6 Å². The maximum absolute atomic E-state index is 5.89. The molecule has 2 aromatic rings. The second kappa shape index (κ2) is 6.20. The zero-order valence-corrected chi connectivity index (χ0v) is 11.4. The van der Waals surface area contributed by atoms with Crippen molar-refractivity contribution in [1.82, 2.24) is 5.32 Å². The van der Waals surface area contributed by atoms with Gasteiger partial charge in [0, 0.05) is 18.0 Å². The lowest BCUT2D eigenvalue weighted by Crippen LogP contribution is -2.13. The summed E-state index contributed by atoms with van der Waals surface area (Å²) in [6.45, 7) is 3.99. The first-order valence-corrected chi connectivity index (χ1v) is 7.00. The Bertz CT molecular complexity index is 479. The van der Waals surface area contributed by atoms with Crippen LogP contribution < -0.4 is 5.32 Å². The van der Waals surface area contributed by atoms with Gasteiger partial charge in [-0.15, -0.1) is 11.3 Å². The number of rotatable bonds is 5. The van der Waals surface area contributed by atoms with Gasteiger partial charge in [0.2, 0.25) is 0 Å². The number of benzene rings is 1. The molecule has 0 aliphatic carbocycles. The molecule has 0 bridgehead atoms. The van der Waals surface area contributed by atoms with Crippen LogP contribution in [0.2, 0.25) is 4.34 Å². The molecule has 0 aliphatic rings. The van der Waals surface area contributed by atoms with Gasteiger partial charge in [0.05, 0.1) is 4.34 Å². The zero-order valence-electron chi connectivity index (χ0n) is 9.87. The Morgan fingerprint density at radius 1 is 1.06 bits per heavy atom. The molecule has 1 aromatic carbocycles. The number of hydrogen-bond acceptors (Lipinski definition) is 2. The van der Waals surface area contributed by atoms with Crippen LogP contribution in [-0.2, 0) is 19.5 Å². The van der Waals surface area contributed by atoms with E-state index in [1.165, 1.54) is 16.0 Å². The van der Waals surface area contributed by atoms with Crippen molar-refractivity contribution in [3.63, 3.8) is 0 Å². The van der Waals surface area contributed by atoms with Crippen molar-refractivity contribution >= 4 is 22.9 Å². The van der Waals surface area contributed by atoms with E-state index in [0.717, 1.165) is 23.8 Å². The predicted molar refractivity (Wildman–Crippen MR) is 75.7 cm³/mol. The first-order valence-electron chi connectivity index (χ1n) is 5.81. The van der Waals surface area contributed by atoms with Crippen LogP contribution >= 0.6 is 22.9 Å². The summed E-state index contributed by atoms with van der Waals surface area (Å²) >= 11 is 7.53. The monoisotopic (exact) mass is 265 g/mol. The standard InChI is InChI=1S/C14H16ClNS/c1-2-11-5-3-4-6-12(11)9-16-10-13-7-8-14(15)17-13/h3-8,16H,2,9-10H2,1H3. The van der Waals surface area contributed by atoms with Crippen LogP contribution in [-0.4, -0.2) is 0 Å². The van der Waals surface area contributed by atoms with Gasteiger partial charge < -0.3 is 5.32 Å². The molecule has 1 N–H and O–H groups in total. The highest BCUT2D eigenvalue weighted by Crippen LogP contribution is 2.21. The molecular formula is C14H16ClNS. The van der Waals surface area contributed by atoms with E-state index in [0.29, 0.717) is 0 Å². The van der Waals surface area contributed by atoms with Crippen molar-refractivity contribution in [3.05, 3.63) is 56.7 Å². The first-order chi connectivity index (χ1) is 8.29. The molecule has 17 heavy (non-hydrogen) atoms. The molecule has 3 heteroatoms. The van der Waals surface area contributed by atoms with Crippen molar-refractivity contribution in [2.24, 2.45) is 0 Å². The lowest BCUT2D eigenvalue weighted by atomic mass is 10.1. The largest absolute Gasteiger partial charge is 0.308 e. The van der Waals surface area contributed by atoms with E-state index < -0.39 is 0 Å². The summed E-state index contributed by atoms with van der Waals surface area (Å²) in [4.78, 5) is 1.28. The fraction of sp³-hybridized carbons (Fsp3) is 0.286. The Kier molecular flexibility index (Phi) is 4.60. The lowest BCUT2D eigenvalue weighted by Gasteiger charge is -2.08. The van der Waals surface area contributed by atoms with Gasteiger partial charge in [-0.3, -0.25) is 0 Å². The second-order valence-electron chi connectivity index (χ2n) is 3.93. The molecule has 0 saturated heterocycles. The van der Waals surface area contributed by atoms with E-state index in [-0.39, 0.29) is 0 Å². The van der Waals surface area contributed by atoms with Crippen LogP contribution in [0.1, 0.15) is 22.9 Å². The van der Waals surface area contributed by atoms with Crippen molar-refractivity contribution in [2.45, 2.75) is 26.4 Å². The maximum atomic E-state index is 5.89. The van der Waals surface area contributed by atoms with E-state index in [1.54, 1.807) is 11.3 Å². The molecule has 1 heterocycles. The molecule has 1 nitrogen and oxygen atoms in total. The van der Waals surface area contributed by atoms with Gasteiger partial charge in [0.15, 0.2) is 0 Å². The number of nitrogens with one attached hydrogen (secondary N) is 1. The highest BCUT2D eigenvalue weighted by molar-refractivity contribution is 7.16. The average molecular weight is 266 g/mol. The highest BCUT2D eigenvalue weighted by Gasteiger charge is 2.00. The third-order valence-electron chi connectivity index (χ3n) is 2.74. The molecule has 0 fully saturated rings. The summed E-state index contributed by atoms with van der Waals surface area (Å²) in [5.41, 5.74) is 2.81. The Labute approximate surface area is 111 Å². The number of halogens is 1. The van der Waals surface area contributed by atoms with Crippen LogP contribution in [0.5, 0.6) is 0 Å². The normalized spacial score (nSPS) is 10.7. The molecule has 90 valence electrons. The molecule has 1 aromatic heterocycles. The predicted octanol–water partition coefficient (Wildman–Crippen LogP) is 4.25. The average Bonchev–Trinajstić information content (AvgIpc) is 2.76. The van der Waals surface area contributed by atoms with E-state index in [4.69, 9.17) is 11.6 Å². The molecule has 0 unspecified atom stereocenters. The molecule has 0 atom stereocenters. The minimum Gasteiger partial charge on any atom is -0.308 e. The third kappa shape index (κ3) is 3.56. The summed E-state index contributed by atoms with van der Waals surface area (Å²) in [6.07, 6.45) is 1.09. The SMILES string of the molecule is CCc1ccccc1CNCc1ccc(Cl)s1. The Hall–Kier alpha value is -0.830. The number of aryl methyl sites for hydroxylation is 1. The van der Waals surface area contributed by atoms with Crippen molar-refractivity contribution < 1.29 is 0 Å². The van der Waals surface area contributed by atoms with Gasteiger partial charge in [-0.1, -0.05) is 42.8 Å². The summed E-state index contributed by atoms with van der Waals surface area (Å²) in [6, 6.07) is 12.6. The van der Waals surface area contributed by atoms with Crippen LogP contribution in [0.25, 0.3) is 0 Å². The summed E-state index contributed by atoms with van der Waals surface area (Å²) < 4.78 is 0.857. The zero-order chi connectivity index (χ0) is 12.1. The van der Waals surface area contributed by atoms with Gasteiger partial charge in [-0.25, -0.2) is 0 Å². The van der Waals surface area contributed by atoms with E-state index in [1.807, 2.05) is 6.07 Å². The molecule has 0 spiro atoms. The van der Waals surface area contributed by atoms with Gasteiger partial charge in [0.1, 0.15) is 0 Å². The first kappa shape index (κ1) is 12.6. The van der Waals surface area contributed by atoms with Crippen LogP contribution in [0.3, 0.4) is 0 Å². The van der Waals surface area contributed by atoms with Crippen LogP contribution in [0.15, 0.2) is 36.4 Å². The van der Waals surface area contributed by atoms with Gasteiger partial charge in [-0.2, -0.15) is 0 Å². The van der Waals surface area contributed by atoms with Crippen molar-refractivity contribution in [3.8, 4) is 0 Å². The van der Waals surface area contributed by atoms with Gasteiger partial charge in [0.25, 0.3) is 0 Å². The molecule has 0 aliphatic heterocycles. The summed E-state index contributed by atoms with van der Waals surface area (Å²) in [5, 5.41) is 3.46. The minimum absolute atomic E-state index is 0.857. The van der Waals surface area contributed by atoms with Crippen molar-refractivity contribution in [2.75, 3.05) is 0 Å². The van der Waals surface area contributed by atoms with Gasteiger partial charge in [-0.05, 0) is 29.7 Å². The number of thiophene rings is 1. The Morgan fingerprint density at radius 2 is 1.82 bits per heavy atom. The maximum Gasteiger partial charge on any atom is 0.0931 e. The topological polar surface area (TPSA) is 12.0 Å². The molecule has 2 rings (SSSR count). The molecular weight excluding hydrogens is 250 g/mol. The summed E-state index contributed by atoms with van der Waals surface area (Å²) in [7, 11) is 0. The highest BCUT2D eigenvalue weighted by atomic mass is 35.5. The van der Waals surface area contributed by atoms with Crippen LogP contribution in [0, 0.1) is 0 Å². The summed E-state index contributed by atoms with van der Waals surface area (Å²) in [5.74, 6) is 0. The van der Waals surface area contributed by atoms with E-state index >= 15 is 0 Å². The Morgan fingerprint density at radius 3 is 2.47 bits per heavy atom. The fourth-order valence-corrected chi connectivity index (χ4v) is 2.90. The Balaban J connectivity index is 1.89. The van der Waals surface area contributed by atoms with Gasteiger partial charge >= 0.3 is 0 Å².